The third-order valence-corrected chi connectivity index (χ3v) is 8.53. The van der Waals surface area contributed by atoms with Crippen molar-refractivity contribution in [1.29, 1.82) is 0 Å². The summed E-state index contributed by atoms with van der Waals surface area (Å²) in [4.78, 5) is 15.0. The van der Waals surface area contributed by atoms with Crippen molar-refractivity contribution in [2.45, 2.75) is 16.9 Å². The highest BCUT2D eigenvalue weighted by molar-refractivity contribution is 8.16. The first-order valence-corrected chi connectivity index (χ1v) is 11.7. The molecule has 0 saturated carbocycles. The van der Waals surface area contributed by atoms with Gasteiger partial charge in [0.15, 0.2) is 0 Å². The lowest BCUT2D eigenvalue weighted by molar-refractivity contribution is 0.0786. The normalized spacial score (nSPS) is 23.5. The molecule has 2 fully saturated rings. The summed E-state index contributed by atoms with van der Waals surface area (Å²) >= 11 is 4.02. The number of benzene rings is 2. The van der Waals surface area contributed by atoms with E-state index in [-0.39, 0.29) is 5.91 Å². The summed E-state index contributed by atoms with van der Waals surface area (Å²) in [5, 5.41) is 0. The van der Waals surface area contributed by atoms with E-state index in [0.29, 0.717) is 23.0 Å². The highest BCUT2D eigenvalue weighted by Crippen LogP contribution is 2.43. The van der Waals surface area contributed by atoms with E-state index in [2.05, 4.69) is 36.4 Å². The zero-order valence-corrected chi connectivity index (χ0v) is 17.1. The van der Waals surface area contributed by atoms with Crippen molar-refractivity contribution < 1.29 is 4.79 Å². The molecule has 0 radical (unpaired) electrons. The smallest absolute Gasteiger partial charge is 0.253 e. The molecule has 0 aliphatic carbocycles. The fourth-order valence-electron chi connectivity index (χ4n) is 4.00. The standard InChI is InChI=1S/C22H26N2OS2/c23-13-19-14-24(15-20(19)16-5-2-1-3-6-16)21(25)17-7-9-18(10-8-17)22-26-11-4-12-27-22/h1-3,5-10,19-20,22H,4,11-15,23H2/t19-,20+/m1/s1. The third kappa shape index (κ3) is 4.20. The van der Waals surface area contributed by atoms with Crippen LogP contribution in [-0.4, -0.2) is 41.9 Å². The van der Waals surface area contributed by atoms with Gasteiger partial charge in [0.2, 0.25) is 0 Å². The summed E-state index contributed by atoms with van der Waals surface area (Å²) in [7, 11) is 0. The number of carbonyl (C=O) groups is 1. The third-order valence-electron chi connectivity index (χ3n) is 5.52. The summed E-state index contributed by atoms with van der Waals surface area (Å²) in [6.07, 6.45) is 1.29. The van der Waals surface area contributed by atoms with Crippen LogP contribution in [0.1, 0.15) is 38.4 Å². The largest absolute Gasteiger partial charge is 0.338 e. The zero-order valence-electron chi connectivity index (χ0n) is 15.4. The van der Waals surface area contributed by atoms with Crippen LogP contribution in [0.2, 0.25) is 0 Å². The Balaban J connectivity index is 1.46. The van der Waals surface area contributed by atoms with Gasteiger partial charge in [0, 0.05) is 24.6 Å². The van der Waals surface area contributed by atoms with Gasteiger partial charge in [-0.05, 0) is 53.6 Å². The van der Waals surface area contributed by atoms with Gasteiger partial charge in [-0.3, -0.25) is 4.79 Å². The molecule has 1 amide bonds. The molecule has 2 aromatic rings. The van der Waals surface area contributed by atoms with E-state index in [4.69, 9.17) is 5.73 Å². The number of likely N-dealkylation sites (tertiary alicyclic amines) is 1. The second kappa shape index (κ2) is 8.72. The predicted octanol–water partition coefficient (Wildman–Crippen LogP) is 4.37. The van der Waals surface area contributed by atoms with E-state index in [9.17, 15) is 4.79 Å². The first kappa shape index (κ1) is 18.9. The molecule has 2 aliphatic rings. The predicted molar refractivity (Wildman–Crippen MR) is 116 cm³/mol. The molecular formula is C22H26N2OS2. The summed E-state index contributed by atoms with van der Waals surface area (Å²) < 4.78 is 0.513. The van der Waals surface area contributed by atoms with Gasteiger partial charge in [-0.25, -0.2) is 0 Å². The van der Waals surface area contributed by atoms with Gasteiger partial charge in [-0.15, -0.1) is 23.5 Å². The van der Waals surface area contributed by atoms with Crippen LogP contribution in [0.3, 0.4) is 0 Å². The Kier molecular flexibility index (Phi) is 6.11. The van der Waals surface area contributed by atoms with Crippen LogP contribution in [0.25, 0.3) is 0 Å². The molecular weight excluding hydrogens is 372 g/mol. The minimum Gasteiger partial charge on any atom is -0.338 e. The number of thioether (sulfide) groups is 2. The van der Waals surface area contributed by atoms with Gasteiger partial charge in [0.25, 0.3) is 5.91 Å². The van der Waals surface area contributed by atoms with Crippen LogP contribution in [0, 0.1) is 5.92 Å². The van der Waals surface area contributed by atoms with Crippen LogP contribution >= 0.6 is 23.5 Å². The molecule has 142 valence electrons. The molecule has 2 aromatic carbocycles. The summed E-state index contributed by atoms with van der Waals surface area (Å²) in [6, 6.07) is 18.7. The van der Waals surface area contributed by atoms with Crippen LogP contribution in [0.5, 0.6) is 0 Å². The van der Waals surface area contributed by atoms with E-state index in [0.717, 1.165) is 18.7 Å². The highest BCUT2D eigenvalue weighted by Gasteiger charge is 2.35. The number of hydrogen-bond donors (Lipinski definition) is 1. The molecule has 0 spiro atoms. The molecule has 0 aromatic heterocycles. The van der Waals surface area contributed by atoms with Gasteiger partial charge >= 0.3 is 0 Å². The fraction of sp³-hybridized carbons (Fsp3) is 0.409. The Morgan fingerprint density at radius 1 is 0.963 bits per heavy atom. The van der Waals surface area contributed by atoms with Crippen molar-refractivity contribution in [1.82, 2.24) is 4.90 Å². The first-order chi connectivity index (χ1) is 13.3. The summed E-state index contributed by atoms with van der Waals surface area (Å²) in [6.45, 7) is 2.10. The Morgan fingerprint density at radius 3 is 2.33 bits per heavy atom. The van der Waals surface area contributed by atoms with Gasteiger partial charge in [-0.1, -0.05) is 42.5 Å². The number of nitrogens with zero attached hydrogens (tertiary/aromatic N) is 1. The van der Waals surface area contributed by atoms with Gasteiger partial charge in [-0.2, -0.15) is 0 Å². The Labute approximate surface area is 170 Å². The summed E-state index contributed by atoms with van der Waals surface area (Å²) in [5.41, 5.74) is 9.41. The lowest BCUT2D eigenvalue weighted by Gasteiger charge is -2.22. The molecule has 5 heteroatoms. The van der Waals surface area contributed by atoms with E-state index < -0.39 is 0 Å². The SMILES string of the molecule is NC[C@@H]1CN(C(=O)c2ccc(C3SCCCS3)cc2)C[C@H]1c1ccccc1. The fourth-order valence-corrected chi connectivity index (χ4v) is 6.89. The average Bonchev–Trinajstić information content (AvgIpc) is 3.19. The van der Waals surface area contributed by atoms with Gasteiger partial charge < -0.3 is 10.6 Å². The second-order valence-corrected chi connectivity index (χ2v) is 10.00. The van der Waals surface area contributed by atoms with Crippen LogP contribution in [0.15, 0.2) is 54.6 Å². The number of carbonyl (C=O) groups excluding carboxylic acids is 1. The minimum atomic E-state index is 0.127. The van der Waals surface area contributed by atoms with Gasteiger partial charge in [0.05, 0.1) is 4.58 Å². The maximum atomic E-state index is 13.0. The number of hydrogen-bond acceptors (Lipinski definition) is 4. The van der Waals surface area contributed by atoms with E-state index in [1.165, 1.54) is 29.1 Å². The molecule has 2 aliphatic heterocycles. The maximum absolute atomic E-state index is 13.0. The molecule has 2 atom stereocenters. The van der Waals surface area contributed by atoms with Crippen LogP contribution in [0.4, 0.5) is 0 Å². The monoisotopic (exact) mass is 398 g/mol. The minimum absolute atomic E-state index is 0.127. The summed E-state index contributed by atoms with van der Waals surface area (Å²) in [5.74, 6) is 3.24. The van der Waals surface area contributed by atoms with E-state index in [1.807, 2.05) is 46.6 Å². The first-order valence-electron chi connectivity index (χ1n) is 9.63. The average molecular weight is 399 g/mol. The van der Waals surface area contributed by atoms with Crippen molar-refractivity contribution in [3.63, 3.8) is 0 Å². The second-order valence-electron chi connectivity index (χ2n) is 7.27. The quantitative estimate of drug-likeness (QED) is 0.831. The topological polar surface area (TPSA) is 46.3 Å². The Morgan fingerprint density at radius 2 is 1.67 bits per heavy atom. The molecule has 27 heavy (non-hydrogen) atoms. The van der Waals surface area contributed by atoms with E-state index in [1.54, 1.807) is 0 Å². The molecule has 2 saturated heterocycles. The molecule has 2 heterocycles. The van der Waals surface area contributed by atoms with Crippen molar-refractivity contribution in [2.75, 3.05) is 31.1 Å². The zero-order chi connectivity index (χ0) is 18.6. The number of rotatable bonds is 4. The van der Waals surface area contributed by atoms with Gasteiger partial charge in [0.1, 0.15) is 0 Å². The lowest BCUT2D eigenvalue weighted by Crippen LogP contribution is -2.29. The van der Waals surface area contributed by atoms with Crippen molar-refractivity contribution in [3.05, 3.63) is 71.3 Å². The van der Waals surface area contributed by atoms with Crippen molar-refractivity contribution in [3.8, 4) is 0 Å². The molecule has 0 bridgehead atoms. The Hall–Kier alpha value is -1.43. The molecule has 2 N–H and O–H groups in total. The van der Waals surface area contributed by atoms with Crippen LogP contribution in [-0.2, 0) is 0 Å². The van der Waals surface area contributed by atoms with Crippen molar-refractivity contribution in [2.24, 2.45) is 11.7 Å². The number of amides is 1. The molecule has 0 unspecified atom stereocenters. The number of nitrogens with two attached hydrogens (primary N) is 1. The maximum Gasteiger partial charge on any atom is 0.253 e. The lowest BCUT2D eigenvalue weighted by atomic mass is 9.89. The van der Waals surface area contributed by atoms with Crippen LogP contribution < -0.4 is 5.73 Å². The molecule has 4 rings (SSSR count). The molecule has 3 nitrogen and oxygen atoms in total. The van der Waals surface area contributed by atoms with E-state index >= 15 is 0 Å². The highest BCUT2D eigenvalue weighted by atomic mass is 32.2. The Bertz CT molecular complexity index is 760. The van der Waals surface area contributed by atoms with Crippen molar-refractivity contribution >= 4 is 29.4 Å².